The van der Waals surface area contributed by atoms with E-state index in [1.165, 1.54) is 22.8 Å². The molecule has 0 saturated heterocycles. The van der Waals surface area contributed by atoms with Gasteiger partial charge in [-0.3, -0.25) is 19.5 Å². The molecule has 0 amide bonds. The van der Waals surface area contributed by atoms with Gasteiger partial charge in [-0.2, -0.15) is 0 Å². The molecule has 4 rings (SSSR count). The minimum absolute atomic E-state index is 0.141. The van der Waals surface area contributed by atoms with Gasteiger partial charge in [-0.25, -0.2) is 0 Å². The smallest absolute Gasteiger partial charge is 0.293 e. The summed E-state index contributed by atoms with van der Waals surface area (Å²) < 4.78 is 1.86. The van der Waals surface area contributed by atoms with Crippen LogP contribution in [-0.4, -0.2) is 9.49 Å². The fraction of sp³-hybridized carbons (Fsp3) is 0.105. The van der Waals surface area contributed by atoms with Crippen LogP contribution in [0.1, 0.15) is 12.8 Å². The van der Waals surface area contributed by atoms with Gasteiger partial charge in [-0.05, 0) is 31.1 Å². The molecule has 0 aliphatic heterocycles. The zero-order valence-electron chi connectivity index (χ0n) is 13.7. The maximum absolute atomic E-state index is 12.6. The van der Waals surface area contributed by atoms with E-state index in [9.17, 15) is 14.9 Å². The van der Waals surface area contributed by atoms with E-state index in [0.29, 0.717) is 10.6 Å². The fourth-order valence-corrected chi connectivity index (χ4v) is 4.08. The lowest BCUT2D eigenvalue weighted by Crippen LogP contribution is -2.13. The van der Waals surface area contributed by atoms with Gasteiger partial charge in [0, 0.05) is 17.5 Å². The van der Waals surface area contributed by atoms with Gasteiger partial charge in [0.15, 0.2) is 5.43 Å². The van der Waals surface area contributed by atoms with Crippen molar-refractivity contribution in [3.8, 4) is 5.69 Å². The average molecular weight is 365 g/mol. The molecule has 7 heteroatoms. The summed E-state index contributed by atoms with van der Waals surface area (Å²) in [6.07, 6.45) is 8.04. The number of hydrogen-bond acceptors (Lipinski definition) is 5. The highest BCUT2D eigenvalue weighted by atomic mass is 32.1. The summed E-state index contributed by atoms with van der Waals surface area (Å²) in [5.74, 6) is 0.586. The zero-order chi connectivity index (χ0) is 18.1. The number of pyridine rings is 1. The van der Waals surface area contributed by atoms with Crippen LogP contribution in [0, 0.1) is 10.1 Å². The molecule has 6 nitrogen and oxygen atoms in total. The van der Waals surface area contributed by atoms with Gasteiger partial charge < -0.3 is 5.32 Å². The van der Waals surface area contributed by atoms with Gasteiger partial charge in [0.05, 0.1) is 10.3 Å². The minimum atomic E-state index is -0.505. The van der Waals surface area contributed by atoms with Crippen molar-refractivity contribution in [3.05, 3.63) is 86.0 Å². The third kappa shape index (κ3) is 2.82. The first-order valence-electron chi connectivity index (χ1n) is 8.16. The molecule has 1 N–H and O–H groups in total. The van der Waals surface area contributed by atoms with E-state index < -0.39 is 4.92 Å². The van der Waals surface area contributed by atoms with E-state index in [1.54, 1.807) is 0 Å². The highest BCUT2D eigenvalue weighted by Crippen LogP contribution is 2.33. The lowest BCUT2D eigenvalue weighted by molar-refractivity contribution is -0.382. The topological polar surface area (TPSA) is 77.2 Å². The van der Waals surface area contributed by atoms with Crippen LogP contribution >= 0.6 is 11.3 Å². The van der Waals surface area contributed by atoms with Crippen molar-refractivity contribution < 1.29 is 4.92 Å². The van der Waals surface area contributed by atoms with Crippen LogP contribution in [0.2, 0.25) is 0 Å². The molecule has 0 spiro atoms. The first-order chi connectivity index (χ1) is 12.6. The Morgan fingerprint density at radius 3 is 2.69 bits per heavy atom. The van der Waals surface area contributed by atoms with Crippen molar-refractivity contribution in [2.75, 3.05) is 5.32 Å². The molecule has 0 radical (unpaired) electrons. The summed E-state index contributed by atoms with van der Waals surface area (Å²) in [4.78, 5) is 24.0. The monoisotopic (exact) mass is 365 g/mol. The number of anilines is 1. The second-order valence-electron chi connectivity index (χ2n) is 5.89. The molecular formula is C19H15N3O3S. The Kier molecular flexibility index (Phi) is 4.14. The summed E-state index contributed by atoms with van der Waals surface area (Å²) in [7, 11) is 0. The molecule has 1 aromatic carbocycles. The summed E-state index contributed by atoms with van der Waals surface area (Å²) in [6, 6.07) is 10.9. The maximum Gasteiger partial charge on any atom is 0.293 e. The number of nitrogens with one attached hydrogen (secondary N) is 1. The van der Waals surface area contributed by atoms with E-state index in [0.717, 1.165) is 24.2 Å². The minimum Gasteiger partial charge on any atom is -0.341 e. The molecule has 0 bridgehead atoms. The summed E-state index contributed by atoms with van der Waals surface area (Å²) >= 11 is 1.20. The summed E-state index contributed by atoms with van der Waals surface area (Å²) in [6.45, 7) is 0. The number of fused-ring (bicyclic) bond motifs is 1. The van der Waals surface area contributed by atoms with Crippen LogP contribution in [0.4, 0.5) is 11.5 Å². The highest BCUT2D eigenvalue weighted by molar-refractivity contribution is 7.17. The Bertz CT molecular complexity index is 1110. The van der Waals surface area contributed by atoms with Gasteiger partial charge in [0.25, 0.3) is 5.69 Å². The predicted molar refractivity (Wildman–Crippen MR) is 104 cm³/mol. The zero-order valence-corrected chi connectivity index (χ0v) is 14.5. The molecule has 0 atom stereocenters. The van der Waals surface area contributed by atoms with E-state index in [1.807, 2.05) is 41.0 Å². The van der Waals surface area contributed by atoms with Gasteiger partial charge in [-0.15, -0.1) is 11.3 Å². The SMILES string of the molecule is O=c1cc(NC2=CCCC=C2)n(-c2ccccc2)c2scc([N+](=O)[O-])c12. The van der Waals surface area contributed by atoms with Crippen LogP contribution in [0.25, 0.3) is 15.9 Å². The molecule has 3 aromatic rings. The molecular weight excluding hydrogens is 350 g/mol. The number of thiophene rings is 1. The summed E-state index contributed by atoms with van der Waals surface area (Å²) in [5, 5.41) is 16.2. The normalized spacial score (nSPS) is 13.6. The third-order valence-corrected chi connectivity index (χ3v) is 5.14. The third-order valence-electron chi connectivity index (χ3n) is 4.19. The van der Waals surface area contributed by atoms with Gasteiger partial charge in [0.2, 0.25) is 0 Å². The number of benzene rings is 1. The first kappa shape index (κ1) is 16.3. The number of rotatable bonds is 4. The Morgan fingerprint density at radius 2 is 2.00 bits per heavy atom. The van der Waals surface area contributed by atoms with E-state index in [-0.39, 0.29) is 16.5 Å². The first-order valence-corrected chi connectivity index (χ1v) is 9.04. The van der Waals surface area contributed by atoms with Crippen LogP contribution in [0.3, 0.4) is 0 Å². The van der Waals surface area contributed by atoms with Gasteiger partial charge in [0.1, 0.15) is 16.0 Å². The number of para-hydroxylation sites is 1. The molecule has 26 heavy (non-hydrogen) atoms. The number of nitro groups is 1. The Morgan fingerprint density at radius 1 is 1.19 bits per heavy atom. The van der Waals surface area contributed by atoms with Crippen LogP contribution in [0.15, 0.2) is 70.5 Å². The summed E-state index contributed by atoms with van der Waals surface area (Å²) in [5.41, 5.74) is 1.23. The Labute approximate surface area is 152 Å². The number of nitrogens with zero attached hydrogens (tertiary/aromatic N) is 2. The molecule has 0 saturated carbocycles. The lowest BCUT2D eigenvalue weighted by Gasteiger charge is -2.18. The highest BCUT2D eigenvalue weighted by Gasteiger charge is 2.22. The van der Waals surface area contributed by atoms with Gasteiger partial charge >= 0.3 is 0 Å². The maximum atomic E-state index is 12.6. The average Bonchev–Trinajstić information content (AvgIpc) is 3.09. The van der Waals surface area contributed by atoms with Crippen molar-refractivity contribution >= 4 is 33.1 Å². The molecule has 130 valence electrons. The second kappa shape index (κ2) is 6.61. The largest absolute Gasteiger partial charge is 0.341 e. The number of aromatic nitrogens is 1. The molecule has 0 fully saturated rings. The van der Waals surface area contributed by atoms with Crippen molar-refractivity contribution in [1.29, 1.82) is 0 Å². The Hall–Kier alpha value is -3.19. The molecule has 1 aliphatic rings. The second-order valence-corrected chi connectivity index (χ2v) is 6.75. The molecule has 2 heterocycles. The van der Waals surface area contributed by atoms with Crippen molar-refractivity contribution in [1.82, 2.24) is 4.57 Å². The molecule has 1 aliphatic carbocycles. The quantitative estimate of drug-likeness (QED) is 0.541. The number of hydrogen-bond donors (Lipinski definition) is 1. The lowest BCUT2D eigenvalue weighted by atomic mass is 10.1. The predicted octanol–water partition coefficient (Wildman–Crippen LogP) is 4.61. The van der Waals surface area contributed by atoms with Crippen molar-refractivity contribution in [3.63, 3.8) is 0 Å². The molecule has 2 aromatic heterocycles. The van der Waals surface area contributed by atoms with Crippen LogP contribution in [0.5, 0.6) is 0 Å². The van der Waals surface area contributed by atoms with Crippen molar-refractivity contribution in [2.24, 2.45) is 0 Å². The van der Waals surface area contributed by atoms with Crippen LogP contribution < -0.4 is 10.7 Å². The standard InChI is InChI=1S/C19H15N3O3S/c23-16-11-17(20-13-7-3-1-4-8-13)21(14-9-5-2-6-10-14)19-18(16)15(12-26-19)22(24)25/h2-3,5-12,20H,1,4H2. The van der Waals surface area contributed by atoms with E-state index in [4.69, 9.17) is 0 Å². The Balaban J connectivity index is 1.99. The number of allylic oxidation sites excluding steroid dienone is 3. The van der Waals surface area contributed by atoms with Crippen LogP contribution in [-0.2, 0) is 0 Å². The fourth-order valence-electron chi connectivity index (χ4n) is 3.02. The van der Waals surface area contributed by atoms with E-state index >= 15 is 0 Å². The van der Waals surface area contributed by atoms with Crippen molar-refractivity contribution in [2.45, 2.75) is 12.8 Å². The van der Waals surface area contributed by atoms with Gasteiger partial charge in [-0.1, -0.05) is 30.4 Å². The van der Waals surface area contributed by atoms with E-state index in [2.05, 4.69) is 17.5 Å². The molecule has 0 unspecified atom stereocenters.